The number of hydrogen-bond donors (Lipinski definition) is 0. The quantitative estimate of drug-likeness (QED) is 0.542. The van der Waals surface area contributed by atoms with Gasteiger partial charge in [0, 0.05) is 16.7 Å². The summed E-state index contributed by atoms with van der Waals surface area (Å²) in [4.78, 5) is 4.18. The molecule has 0 saturated heterocycles. The van der Waals surface area contributed by atoms with Gasteiger partial charge in [0.05, 0.1) is 6.61 Å². The van der Waals surface area contributed by atoms with Gasteiger partial charge in [0.2, 0.25) is 5.88 Å². The van der Waals surface area contributed by atoms with Crippen LogP contribution in [0.25, 0.3) is 0 Å². The highest BCUT2D eigenvalue weighted by molar-refractivity contribution is 9.10. The van der Waals surface area contributed by atoms with Gasteiger partial charge in [0.1, 0.15) is 0 Å². The molecular formula is C15H24BrNO. The SMILES string of the molecule is CCCCCCCCCCOc1ccc(Br)cn1. The van der Waals surface area contributed by atoms with Gasteiger partial charge in [0.15, 0.2) is 0 Å². The van der Waals surface area contributed by atoms with Crippen molar-refractivity contribution in [3.05, 3.63) is 22.8 Å². The second kappa shape index (κ2) is 10.4. The third-order valence-electron chi connectivity index (χ3n) is 2.95. The Kier molecular flexibility index (Phi) is 8.92. The highest BCUT2D eigenvalue weighted by Gasteiger charge is 1.95. The summed E-state index contributed by atoms with van der Waals surface area (Å²) < 4.78 is 6.56. The van der Waals surface area contributed by atoms with E-state index in [1.807, 2.05) is 12.1 Å². The topological polar surface area (TPSA) is 22.1 Å². The number of hydrogen-bond acceptors (Lipinski definition) is 2. The second-order valence-corrected chi connectivity index (χ2v) is 5.55. The van der Waals surface area contributed by atoms with E-state index in [9.17, 15) is 0 Å². The fourth-order valence-corrected chi connectivity index (χ4v) is 2.09. The Morgan fingerprint density at radius 3 is 2.28 bits per heavy atom. The average Bonchev–Trinajstić information content (AvgIpc) is 2.39. The molecule has 0 aliphatic rings. The van der Waals surface area contributed by atoms with Gasteiger partial charge in [-0.2, -0.15) is 0 Å². The van der Waals surface area contributed by atoms with E-state index in [4.69, 9.17) is 4.74 Å². The molecule has 0 spiro atoms. The van der Waals surface area contributed by atoms with Gasteiger partial charge in [0.25, 0.3) is 0 Å². The van der Waals surface area contributed by atoms with Crippen LogP contribution in [0.2, 0.25) is 0 Å². The minimum Gasteiger partial charge on any atom is -0.478 e. The van der Waals surface area contributed by atoms with Gasteiger partial charge >= 0.3 is 0 Å². The van der Waals surface area contributed by atoms with Gasteiger partial charge in [-0.15, -0.1) is 0 Å². The minimum atomic E-state index is 0.723. The number of rotatable bonds is 10. The van der Waals surface area contributed by atoms with Gasteiger partial charge in [-0.25, -0.2) is 4.98 Å². The summed E-state index contributed by atoms with van der Waals surface area (Å²) in [6.45, 7) is 3.04. The zero-order valence-electron chi connectivity index (χ0n) is 11.3. The van der Waals surface area contributed by atoms with Crippen LogP contribution < -0.4 is 4.74 Å². The maximum absolute atomic E-state index is 5.57. The summed E-state index contributed by atoms with van der Waals surface area (Å²) in [6.07, 6.45) is 12.4. The highest BCUT2D eigenvalue weighted by Crippen LogP contribution is 2.13. The van der Waals surface area contributed by atoms with Crippen LogP contribution in [0.1, 0.15) is 58.3 Å². The Morgan fingerprint density at radius 2 is 1.67 bits per heavy atom. The zero-order valence-corrected chi connectivity index (χ0v) is 12.9. The van der Waals surface area contributed by atoms with Crippen LogP contribution >= 0.6 is 15.9 Å². The standard InChI is InChI=1S/C15H24BrNO/c1-2-3-4-5-6-7-8-9-12-18-15-11-10-14(16)13-17-15/h10-11,13H,2-9,12H2,1H3. The molecule has 0 bridgehead atoms. The largest absolute Gasteiger partial charge is 0.478 e. The Bertz CT molecular complexity index is 300. The first-order valence-electron chi connectivity index (χ1n) is 7.07. The molecular weight excluding hydrogens is 290 g/mol. The summed E-state index contributed by atoms with van der Waals surface area (Å²) in [6, 6.07) is 3.85. The Labute approximate surface area is 119 Å². The van der Waals surface area contributed by atoms with Gasteiger partial charge in [-0.3, -0.25) is 0 Å². The molecule has 0 aliphatic carbocycles. The van der Waals surface area contributed by atoms with Gasteiger partial charge < -0.3 is 4.74 Å². The van der Waals surface area contributed by atoms with E-state index < -0.39 is 0 Å². The maximum atomic E-state index is 5.57. The molecule has 1 aromatic rings. The molecule has 3 heteroatoms. The maximum Gasteiger partial charge on any atom is 0.213 e. The molecule has 1 rings (SSSR count). The van der Waals surface area contributed by atoms with E-state index in [-0.39, 0.29) is 0 Å². The fourth-order valence-electron chi connectivity index (χ4n) is 1.86. The fraction of sp³-hybridized carbons (Fsp3) is 0.667. The lowest BCUT2D eigenvalue weighted by Gasteiger charge is -2.05. The first kappa shape index (κ1) is 15.5. The van der Waals surface area contributed by atoms with Crippen LogP contribution in [0, 0.1) is 0 Å². The number of ether oxygens (including phenoxy) is 1. The number of nitrogens with zero attached hydrogens (tertiary/aromatic N) is 1. The van der Waals surface area contributed by atoms with Crippen LogP contribution in [0.3, 0.4) is 0 Å². The van der Waals surface area contributed by atoms with E-state index in [2.05, 4.69) is 27.8 Å². The molecule has 0 radical (unpaired) electrons. The molecule has 0 amide bonds. The molecule has 0 saturated carbocycles. The van der Waals surface area contributed by atoms with Crippen molar-refractivity contribution in [3.63, 3.8) is 0 Å². The minimum absolute atomic E-state index is 0.723. The molecule has 0 N–H and O–H groups in total. The lowest BCUT2D eigenvalue weighted by molar-refractivity contribution is 0.293. The van der Waals surface area contributed by atoms with Crippen molar-refractivity contribution < 1.29 is 4.74 Å². The number of pyridine rings is 1. The lowest BCUT2D eigenvalue weighted by atomic mass is 10.1. The molecule has 0 fully saturated rings. The van der Waals surface area contributed by atoms with Gasteiger partial charge in [-0.1, -0.05) is 51.9 Å². The highest BCUT2D eigenvalue weighted by atomic mass is 79.9. The van der Waals surface area contributed by atoms with Crippen LogP contribution in [0.5, 0.6) is 5.88 Å². The lowest BCUT2D eigenvalue weighted by Crippen LogP contribution is -1.98. The molecule has 2 nitrogen and oxygen atoms in total. The number of halogens is 1. The second-order valence-electron chi connectivity index (χ2n) is 4.64. The Hall–Kier alpha value is -0.570. The summed E-state index contributed by atoms with van der Waals surface area (Å²) in [5.74, 6) is 0.723. The predicted octanol–water partition coefficient (Wildman–Crippen LogP) is 5.36. The van der Waals surface area contributed by atoms with Crippen molar-refractivity contribution in [1.82, 2.24) is 4.98 Å². The van der Waals surface area contributed by atoms with Crippen molar-refractivity contribution in [2.75, 3.05) is 6.61 Å². The Morgan fingerprint density at radius 1 is 1.00 bits per heavy atom. The number of aromatic nitrogens is 1. The van der Waals surface area contributed by atoms with Crippen LogP contribution in [-0.2, 0) is 0 Å². The summed E-state index contributed by atoms with van der Waals surface area (Å²) in [7, 11) is 0. The van der Waals surface area contributed by atoms with Crippen LogP contribution in [-0.4, -0.2) is 11.6 Å². The predicted molar refractivity (Wildman–Crippen MR) is 80.0 cm³/mol. The molecule has 0 atom stereocenters. The molecule has 102 valence electrons. The summed E-state index contributed by atoms with van der Waals surface area (Å²) in [5.41, 5.74) is 0. The monoisotopic (exact) mass is 313 g/mol. The van der Waals surface area contributed by atoms with Crippen LogP contribution in [0.15, 0.2) is 22.8 Å². The number of unbranched alkanes of at least 4 members (excludes halogenated alkanes) is 7. The van der Waals surface area contributed by atoms with E-state index in [1.54, 1.807) is 6.20 Å². The van der Waals surface area contributed by atoms with Crippen molar-refractivity contribution in [2.45, 2.75) is 58.3 Å². The molecule has 0 unspecified atom stereocenters. The van der Waals surface area contributed by atoms with E-state index >= 15 is 0 Å². The molecule has 0 aliphatic heterocycles. The first-order valence-corrected chi connectivity index (χ1v) is 7.86. The van der Waals surface area contributed by atoms with Crippen LogP contribution in [0.4, 0.5) is 0 Å². The van der Waals surface area contributed by atoms with Crippen molar-refractivity contribution in [2.24, 2.45) is 0 Å². The first-order chi connectivity index (χ1) is 8.83. The normalized spacial score (nSPS) is 10.6. The smallest absolute Gasteiger partial charge is 0.213 e. The van der Waals surface area contributed by atoms with Crippen molar-refractivity contribution in [3.8, 4) is 5.88 Å². The van der Waals surface area contributed by atoms with Crippen molar-refractivity contribution in [1.29, 1.82) is 0 Å². The molecule has 1 aromatic heterocycles. The Balaban J connectivity index is 1.91. The van der Waals surface area contributed by atoms with Crippen molar-refractivity contribution >= 4 is 15.9 Å². The van der Waals surface area contributed by atoms with E-state index in [0.717, 1.165) is 23.4 Å². The molecule has 0 aromatic carbocycles. The van der Waals surface area contributed by atoms with Gasteiger partial charge in [-0.05, 0) is 28.4 Å². The summed E-state index contributed by atoms with van der Waals surface area (Å²) >= 11 is 3.36. The zero-order chi connectivity index (χ0) is 13.1. The van der Waals surface area contributed by atoms with E-state index in [0.29, 0.717) is 0 Å². The van der Waals surface area contributed by atoms with E-state index in [1.165, 1.54) is 44.9 Å². The molecule has 18 heavy (non-hydrogen) atoms. The molecule has 1 heterocycles. The third-order valence-corrected chi connectivity index (χ3v) is 3.42. The summed E-state index contributed by atoms with van der Waals surface area (Å²) in [5, 5.41) is 0. The third kappa shape index (κ3) is 7.70. The average molecular weight is 314 g/mol.